The van der Waals surface area contributed by atoms with Gasteiger partial charge < -0.3 is 5.32 Å². The molecule has 1 nitrogen and oxygen atoms in total. The second-order valence-electron chi connectivity index (χ2n) is 5.60. The van der Waals surface area contributed by atoms with Crippen LogP contribution in [0.15, 0.2) is 66.7 Å². The number of fused-ring (bicyclic) bond motifs is 1. The van der Waals surface area contributed by atoms with Crippen molar-refractivity contribution in [3.8, 4) is 0 Å². The van der Waals surface area contributed by atoms with Gasteiger partial charge in [-0.1, -0.05) is 66.7 Å². The van der Waals surface area contributed by atoms with E-state index in [4.69, 9.17) is 0 Å². The van der Waals surface area contributed by atoms with Crippen molar-refractivity contribution in [1.29, 1.82) is 0 Å². The molecule has 0 fully saturated rings. The smallest absolute Gasteiger partial charge is 0.0297 e. The third-order valence-corrected chi connectivity index (χ3v) is 4.13. The van der Waals surface area contributed by atoms with Crippen LogP contribution < -0.4 is 5.32 Å². The maximum absolute atomic E-state index is 3.65. The molecule has 0 saturated carbocycles. The van der Waals surface area contributed by atoms with E-state index in [2.05, 4.69) is 85.9 Å². The molecule has 1 N–H and O–H groups in total. The molecule has 0 radical (unpaired) electrons. The Morgan fingerprint density at radius 3 is 2.43 bits per heavy atom. The Balaban J connectivity index is 1.79. The molecular weight excluding hydrogens is 254 g/mol. The Kier molecular flexibility index (Phi) is 4.03. The molecule has 0 spiro atoms. The Labute approximate surface area is 126 Å². The maximum Gasteiger partial charge on any atom is 0.0297 e. The van der Waals surface area contributed by atoms with Gasteiger partial charge in [0.15, 0.2) is 0 Å². The second kappa shape index (κ2) is 6.11. The topological polar surface area (TPSA) is 12.0 Å². The van der Waals surface area contributed by atoms with Gasteiger partial charge >= 0.3 is 0 Å². The molecular formula is C20H21N. The van der Waals surface area contributed by atoms with Crippen LogP contribution in [0, 0.1) is 6.92 Å². The molecule has 3 aromatic carbocycles. The summed E-state index contributed by atoms with van der Waals surface area (Å²) in [4.78, 5) is 0. The van der Waals surface area contributed by atoms with Gasteiger partial charge in [0, 0.05) is 12.6 Å². The summed E-state index contributed by atoms with van der Waals surface area (Å²) in [5.41, 5.74) is 4.07. The number of aryl methyl sites for hydroxylation is 1. The van der Waals surface area contributed by atoms with Crippen LogP contribution in [0.3, 0.4) is 0 Å². The minimum Gasteiger partial charge on any atom is -0.306 e. The highest BCUT2D eigenvalue weighted by atomic mass is 14.9. The average molecular weight is 275 g/mol. The molecule has 0 unspecified atom stereocenters. The number of hydrogen-bond acceptors (Lipinski definition) is 1. The second-order valence-corrected chi connectivity index (χ2v) is 5.60. The van der Waals surface area contributed by atoms with Crippen molar-refractivity contribution in [1.82, 2.24) is 5.32 Å². The van der Waals surface area contributed by atoms with E-state index in [9.17, 15) is 0 Å². The van der Waals surface area contributed by atoms with Gasteiger partial charge in [-0.3, -0.25) is 0 Å². The summed E-state index contributed by atoms with van der Waals surface area (Å²) in [7, 11) is 0. The van der Waals surface area contributed by atoms with E-state index >= 15 is 0 Å². The Morgan fingerprint density at radius 2 is 1.57 bits per heavy atom. The van der Waals surface area contributed by atoms with E-state index in [1.54, 1.807) is 0 Å². The summed E-state index contributed by atoms with van der Waals surface area (Å²) in [6, 6.07) is 24.0. The lowest BCUT2D eigenvalue weighted by Gasteiger charge is -2.17. The quantitative estimate of drug-likeness (QED) is 0.706. The molecule has 0 amide bonds. The fourth-order valence-electron chi connectivity index (χ4n) is 2.89. The molecule has 0 aliphatic rings. The van der Waals surface area contributed by atoms with Crippen molar-refractivity contribution in [2.75, 3.05) is 0 Å². The average Bonchev–Trinajstić information content (AvgIpc) is 2.53. The van der Waals surface area contributed by atoms with Crippen LogP contribution in [0.1, 0.15) is 29.7 Å². The van der Waals surface area contributed by atoms with Gasteiger partial charge in [0.2, 0.25) is 0 Å². The molecule has 0 aromatic heterocycles. The lowest BCUT2D eigenvalue weighted by atomic mass is 10.0. The lowest BCUT2D eigenvalue weighted by Crippen LogP contribution is -2.19. The molecule has 3 aromatic rings. The first-order valence-electron chi connectivity index (χ1n) is 7.51. The highest BCUT2D eigenvalue weighted by Gasteiger charge is 2.08. The van der Waals surface area contributed by atoms with E-state index in [1.165, 1.54) is 27.5 Å². The SMILES string of the molecule is Cc1ccccc1[C@@H](C)NCc1cccc2ccccc12. The van der Waals surface area contributed by atoms with E-state index in [0.29, 0.717) is 6.04 Å². The number of rotatable bonds is 4. The summed E-state index contributed by atoms with van der Waals surface area (Å²) in [5.74, 6) is 0. The predicted octanol–water partition coefficient (Wildman–Crippen LogP) is 5.00. The van der Waals surface area contributed by atoms with Gasteiger partial charge in [-0.2, -0.15) is 0 Å². The number of hydrogen-bond donors (Lipinski definition) is 1. The van der Waals surface area contributed by atoms with E-state index in [-0.39, 0.29) is 0 Å². The molecule has 106 valence electrons. The highest BCUT2D eigenvalue weighted by molar-refractivity contribution is 5.85. The van der Waals surface area contributed by atoms with Crippen molar-refractivity contribution in [2.45, 2.75) is 26.4 Å². The molecule has 0 saturated heterocycles. The zero-order chi connectivity index (χ0) is 14.7. The normalized spacial score (nSPS) is 12.5. The van der Waals surface area contributed by atoms with Crippen LogP contribution in [0.25, 0.3) is 10.8 Å². The third kappa shape index (κ3) is 2.98. The van der Waals surface area contributed by atoms with Crippen LogP contribution in [0.2, 0.25) is 0 Å². The predicted molar refractivity (Wildman–Crippen MR) is 90.4 cm³/mol. The molecule has 21 heavy (non-hydrogen) atoms. The van der Waals surface area contributed by atoms with Crippen molar-refractivity contribution in [3.63, 3.8) is 0 Å². The summed E-state index contributed by atoms with van der Waals surface area (Å²) in [6.45, 7) is 5.29. The lowest BCUT2D eigenvalue weighted by molar-refractivity contribution is 0.574. The summed E-state index contributed by atoms with van der Waals surface area (Å²) >= 11 is 0. The van der Waals surface area contributed by atoms with Gasteiger partial charge in [0.1, 0.15) is 0 Å². The Bertz CT molecular complexity index is 740. The van der Waals surface area contributed by atoms with Crippen LogP contribution in [0.5, 0.6) is 0 Å². The molecule has 1 atom stereocenters. The van der Waals surface area contributed by atoms with Crippen LogP contribution in [-0.2, 0) is 6.54 Å². The first kappa shape index (κ1) is 13.8. The molecule has 1 heteroatoms. The summed E-state index contributed by atoms with van der Waals surface area (Å²) in [6.07, 6.45) is 0. The van der Waals surface area contributed by atoms with Crippen LogP contribution in [-0.4, -0.2) is 0 Å². The first-order valence-corrected chi connectivity index (χ1v) is 7.51. The monoisotopic (exact) mass is 275 g/mol. The minimum atomic E-state index is 0.352. The van der Waals surface area contributed by atoms with Crippen LogP contribution >= 0.6 is 0 Å². The zero-order valence-electron chi connectivity index (χ0n) is 12.6. The molecule has 0 bridgehead atoms. The number of nitrogens with one attached hydrogen (secondary N) is 1. The largest absolute Gasteiger partial charge is 0.306 e. The fraction of sp³-hybridized carbons (Fsp3) is 0.200. The molecule has 0 aliphatic carbocycles. The van der Waals surface area contributed by atoms with Crippen molar-refractivity contribution in [2.24, 2.45) is 0 Å². The van der Waals surface area contributed by atoms with Gasteiger partial charge in [0.25, 0.3) is 0 Å². The van der Waals surface area contributed by atoms with Gasteiger partial charge in [0.05, 0.1) is 0 Å². The Morgan fingerprint density at radius 1 is 0.857 bits per heavy atom. The van der Waals surface area contributed by atoms with E-state index in [0.717, 1.165) is 6.54 Å². The number of benzene rings is 3. The zero-order valence-corrected chi connectivity index (χ0v) is 12.6. The molecule has 0 heterocycles. The third-order valence-electron chi connectivity index (χ3n) is 4.13. The highest BCUT2D eigenvalue weighted by Crippen LogP contribution is 2.21. The van der Waals surface area contributed by atoms with Gasteiger partial charge in [-0.25, -0.2) is 0 Å². The molecule has 0 aliphatic heterocycles. The van der Waals surface area contributed by atoms with E-state index in [1.807, 2.05) is 0 Å². The standard InChI is InChI=1S/C20H21N/c1-15-8-3-5-12-19(15)16(2)21-14-18-11-7-10-17-9-4-6-13-20(17)18/h3-13,16,21H,14H2,1-2H3/t16-/m1/s1. The van der Waals surface area contributed by atoms with Crippen molar-refractivity contribution < 1.29 is 0 Å². The van der Waals surface area contributed by atoms with E-state index < -0.39 is 0 Å². The van der Waals surface area contributed by atoms with Crippen molar-refractivity contribution >= 4 is 10.8 Å². The van der Waals surface area contributed by atoms with Crippen LogP contribution in [0.4, 0.5) is 0 Å². The summed E-state index contributed by atoms with van der Waals surface area (Å²) in [5, 5.41) is 6.29. The first-order chi connectivity index (χ1) is 10.3. The van der Waals surface area contributed by atoms with Crippen molar-refractivity contribution in [3.05, 3.63) is 83.4 Å². The Hall–Kier alpha value is -2.12. The van der Waals surface area contributed by atoms with Gasteiger partial charge in [-0.05, 0) is 41.3 Å². The fourth-order valence-corrected chi connectivity index (χ4v) is 2.89. The summed E-state index contributed by atoms with van der Waals surface area (Å²) < 4.78 is 0. The maximum atomic E-state index is 3.65. The van der Waals surface area contributed by atoms with Gasteiger partial charge in [-0.15, -0.1) is 0 Å². The molecule has 3 rings (SSSR count). The minimum absolute atomic E-state index is 0.352.